The van der Waals surface area contributed by atoms with Gasteiger partial charge in [-0.2, -0.15) is 0 Å². The average molecular weight is 618 g/mol. The van der Waals surface area contributed by atoms with E-state index in [1.807, 2.05) is 42.5 Å². The normalized spacial score (nSPS) is 11.9. The number of nitro benzene ring substituents is 1. The lowest BCUT2D eigenvalue weighted by atomic mass is 10.0. The maximum absolute atomic E-state index is 13.9. The molecular formula is C27H29BrN4O6S. The summed E-state index contributed by atoms with van der Waals surface area (Å²) in [4.78, 5) is 39.2. The highest BCUT2D eigenvalue weighted by atomic mass is 79.9. The molecular weight excluding hydrogens is 588 g/mol. The number of halogens is 1. The first-order chi connectivity index (χ1) is 18.4. The lowest BCUT2D eigenvalue weighted by molar-refractivity contribution is -0.384. The molecule has 0 aliphatic carbocycles. The molecule has 0 saturated carbocycles. The molecule has 0 radical (unpaired) electrons. The number of benzene rings is 3. The minimum Gasteiger partial charge on any atom is -0.357 e. The molecule has 0 heterocycles. The van der Waals surface area contributed by atoms with Gasteiger partial charge in [-0.15, -0.1) is 0 Å². The Kier molecular flexibility index (Phi) is 9.81. The van der Waals surface area contributed by atoms with Gasteiger partial charge in [0.15, 0.2) is 0 Å². The zero-order chi connectivity index (χ0) is 28.7. The number of amides is 2. The first-order valence-electron chi connectivity index (χ1n) is 11.9. The van der Waals surface area contributed by atoms with Crippen molar-refractivity contribution < 1.29 is 22.9 Å². The van der Waals surface area contributed by atoms with Crippen molar-refractivity contribution >= 4 is 49.1 Å². The van der Waals surface area contributed by atoms with Crippen molar-refractivity contribution in [2.75, 3.05) is 24.2 Å². The number of non-ortho nitro benzene ring substituents is 1. The lowest BCUT2D eigenvalue weighted by Gasteiger charge is -2.33. The van der Waals surface area contributed by atoms with Gasteiger partial charge in [0.1, 0.15) is 12.6 Å². The minimum absolute atomic E-state index is 0.0157. The van der Waals surface area contributed by atoms with Gasteiger partial charge in [0, 0.05) is 36.6 Å². The average Bonchev–Trinajstić information content (AvgIpc) is 2.89. The number of carbonyl (C=O) groups is 2. The van der Waals surface area contributed by atoms with Crippen molar-refractivity contribution in [2.45, 2.75) is 25.9 Å². The highest BCUT2D eigenvalue weighted by molar-refractivity contribution is 9.10. The van der Waals surface area contributed by atoms with Crippen LogP contribution in [0.25, 0.3) is 0 Å². The van der Waals surface area contributed by atoms with Gasteiger partial charge in [-0.25, -0.2) is 8.42 Å². The largest absolute Gasteiger partial charge is 0.357 e. The molecule has 0 aliphatic rings. The monoisotopic (exact) mass is 616 g/mol. The Morgan fingerprint density at radius 2 is 1.69 bits per heavy atom. The van der Waals surface area contributed by atoms with Crippen LogP contribution >= 0.6 is 15.9 Å². The number of likely N-dealkylation sites (N-methyl/N-ethyl adjacent to an activating group) is 1. The van der Waals surface area contributed by atoms with E-state index in [0.29, 0.717) is 5.56 Å². The number of aryl methyl sites for hydroxylation is 1. The summed E-state index contributed by atoms with van der Waals surface area (Å²) in [5.41, 5.74) is 1.67. The van der Waals surface area contributed by atoms with Gasteiger partial charge in [-0.05, 0) is 35.7 Å². The molecule has 0 aromatic heterocycles. The molecule has 0 unspecified atom stereocenters. The smallest absolute Gasteiger partial charge is 0.271 e. The number of carbonyl (C=O) groups excluding carboxylic acids is 2. The number of anilines is 1. The Hall–Kier alpha value is -3.77. The Bertz CT molecular complexity index is 1470. The summed E-state index contributed by atoms with van der Waals surface area (Å²) in [5.74, 6) is -1.06. The molecule has 39 heavy (non-hydrogen) atoms. The second-order valence-corrected chi connectivity index (χ2v) is 11.8. The van der Waals surface area contributed by atoms with E-state index in [0.717, 1.165) is 32.2 Å². The Morgan fingerprint density at radius 3 is 2.28 bits per heavy atom. The van der Waals surface area contributed by atoms with E-state index in [1.54, 1.807) is 19.1 Å². The number of nitrogens with zero attached hydrogens (tertiary/aromatic N) is 3. The third kappa shape index (κ3) is 7.87. The number of rotatable bonds is 11. The summed E-state index contributed by atoms with van der Waals surface area (Å²) in [6.07, 6.45) is 1.12. The predicted molar refractivity (Wildman–Crippen MR) is 153 cm³/mol. The van der Waals surface area contributed by atoms with E-state index in [9.17, 15) is 28.1 Å². The predicted octanol–water partition coefficient (Wildman–Crippen LogP) is 3.82. The van der Waals surface area contributed by atoms with Gasteiger partial charge in [0.05, 0.1) is 16.9 Å². The first kappa shape index (κ1) is 29.8. The standard InChI is InChI=1S/C27H29BrN4O6S/c1-19-12-13-23(32(35)36)16-24(19)31(39(3,37)38)18-26(33)30(17-21-10-7-11-22(28)14-21)25(27(34)29-2)15-20-8-5-4-6-9-20/h4-14,16,25H,15,17-18H2,1-3H3,(H,29,34)/t25-/m0/s1. The molecule has 2 amide bonds. The second kappa shape index (κ2) is 12.9. The van der Waals surface area contributed by atoms with Crippen LogP contribution in [-0.2, 0) is 32.6 Å². The van der Waals surface area contributed by atoms with Gasteiger partial charge in [0.2, 0.25) is 21.8 Å². The number of nitrogens with one attached hydrogen (secondary N) is 1. The number of nitro groups is 1. The molecule has 0 spiro atoms. The van der Waals surface area contributed by atoms with Crippen LogP contribution in [-0.4, -0.2) is 55.9 Å². The van der Waals surface area contributed by atoms with Crippen LogP contribution in [0.4, 0.5) is 11.4 Å². The molecule has 1 N–H and O–H groups in total. The van der Waals surface area contributed by atoms with E-state index in [-0.39, 0.29) is 24.3 Å². The Balaban J connectivity index is 2.08. The van der Waals surface area contributed by atoms with E-state index in [4.69, 9.17) is 0 Å². The summed E-state index contributed by atoms with van der Waals surface area (Å²) in [6, 6.07) is 19.3. The fourth-order valence-electron chi connectivity index (χ4n) is 4.13. The summed E-state index contributed by atoms with van der Waals surface area (Å²) < 4.78 is 27.4. The minimum atomic E-state index is -4.05. The van der Waals surface area contributed by atoms with Gasteiger partial charge < -0.3 is 10.2 Å². The summed E-state index contributed by atoms with van der Waals surface area (Å²) in [5, 5.41) is 14.0. The van der Waals surface area contributed by atoms with Crippen LogP contribution in [0.2, 0.25) is 0 Å². The van der Waals surface area contributed by atoms with Crippen LogP contribution in [0.15, 0.2) is 77.3 Å². The van der Waals surface area contributed by atoms with Gasteiger partial charge in [-0.3, -0.25) is 24.0 Å². The Labute approximate surface area is 236 Å². The first-order valence-corrected chi connectivity index (χ1v) is 14.6. The highest BCUT2D eigenvalue weighted by Crippen LogP contribution is 2.28. The number of hydrogen-bond acceptors (Lipinski definition) is 6. The van der Waals surface area contributed by atoms with Crippen LogP contribution in [0, 0.1) is 17.0 Å². The van der Waals surface area contributed by atoms with Crippen molar-refractivity contribution in [2.24, 2.45) is 0 Å². The van der Waals surface area contributed by atoms with E-state index >= 15 is 0 Å². The van der Waals surface area contributed by atoms with Crippen LogP contribution in [0.1, 0.15) is 16.7 Å². The van der Waals surface area contributed by atoms with E-state index < -0.39 is 39.3 Å². The zero-order valence-electron chi connectivity index (χ0n) is 21.7. The highest BCUT2D eigenvalue weighted by Gasteiger charge is 2.33. The fourth-order valence-corrected chi connectivity index (χ4v) is 5.47. The summed E-state index contributed by atoms with van der Waals surface area (Å²) in [6.45, 7) is 0.968. The fraction of sp³-hybridized carbons (Fsp3) is 0.259. The van der Waals surface area contributed by atoms with Crippen molar-refractivity contribution in [3.63, 3.8) is 0 Å². The van der Waals surface area contributed by atoms with Gasteiger partial charge >= 0.3 is 0 Å². The van der Waals surface area contributed by atoms with Crippen LogP contribution in [0.5, 0.6) is 0 Å². The van der Waals surface area contributed by atoms with Crippen molar-refractivity contribution in [3.05, 3.63) is 104 Å². The van der Waals surface area contributed by atoms with Crippen molar-refractivity contribution in [1.82, 2.24) is 10.2 Å². The molecule has 0 bridgehead atoms. The van der Waals surface area contributed by atoms with Gasteiger partial charge in [-0.1, -0.05) is 64.5 Å². The topological polar surface area (TPSA) is 130 Å². The molecule has 12 heteroatoms. The van der Waals surface area contributed by atoms with Crippen LogP contribution < -0.4 is 9.62 Å². The maximum atomic E-state index is 13.9. The molecule has 3 rings (SSSR count). The maximum Gasteiger partial charge on any atom is 0.271 e. The quantitative estimate of drug-likeness (QED) is 0.257. The molecule has 10 nitrogen and oxygen atoms in total. The molecule has 0 saturated heterocycles. The molecule has 3 aromatic rings. The molecule has 1 atom stereocenters. The summed E-state index contributed by atoms with van der Waals surface area (Å²) >= 11 is 3.42. The molecule has 206 valence electrons. The second-order valence-electron chi connectivity index (χ2n) is 8.97. The molecule has 3 aromatic carbocycles. The number of sulfonamides is 1. The van der Waals surface area contributed by atoms with E-state index in [1.165, 1.54) is 24.1 Å². The lowest BCUT2D eigenvalue weighted by Crippen LogP contribution is -2.53. The zero-order valence-corrected chi connectivity index (χ0v) is 24.1. The van der Waals surface area contributed by atoms with Crippen molar-refractivity contribution in [1.29, 1.82) is 0 Å². The third-order valence-electron chi connectivity index (χ3n) is 6.11. The van der Waals surface area contributed by atoms with E-state index in [2.05, 4.69) is 21.2 Å². The van der Waals surface area contributed by atoms with Crippen molar-refractivity contribution in [3.8, 4) is 0 Å². The molecule has 0 fully saturated rings. The van der Waals surface area contributed by atoms with Gasteiger partial charge in [0.25, 0.3) is 5.69 Å². The van der Waals surface area contributed by atoms with Crippen LogP contribution in [0.3, 0.4) is 0 Å². The number of hydrogen-bond donors (Lipinski definition) is 1. The Morgan fingerprint density at radius 1 is 1.03 bits per heavy atom. The summed E-state index contributed by atoms with van der Waals surface area (Å²) in [7, 11) is -2.58. The SMILES string of the molecule is CNC(=O)[C@H](Cc1ccccc1)N(Cc1cccc(Br)c1)C(=O)CN(c1cc([N+](=O)[O-])ccc1C)S(C)(=O)=O. The third-order valence-corrected chi connectivity index (χ3v) is 7.73. The molecule has 0 aliphatic heterocycles.